The van der Waals surface area contributed by atoms with Gasteiger partial charge in [-0.05, 0) is 24.6 Å². The van der Waals surface area contributed by atoms with Crippen molar-refractivity contribution >= 4 is 5.69 Å². The smallest absolute Gasteiger partial charge is 0.125 e. The van der Waals surface area contributed by atoms with E-state index in [1.807, 2.05) is 6.07 Å². The van der Waals surface area contributed by atoms with Crippen molar-refractivity contribution in [2.24, 2.45) is 5.73 Å². The summed E-state index contributed by atoms with van der Waals surface area (Å²) in [5.41, 5.74) is 6.68. The van der Waals surface area contributed by atoms with E-state index >= 15 is 0 Å². The largest absolute Gasteiger partial charge is 0.383 e. The number of hydrogen-bond donors (Lipinski definition) is 2. The third-order valence-corrected chi connectivity index (χ3v) is 2.32. The highest BCUT2D eigenvalue weighted by molar-refractivity contribution is 5.43. The van der Waals surface area contributed by atoms with Crippen LogP contribution >= 0.6 is 0 Å². The van der Waals surface area contributed by atoms with Crippen molar-refractivity contribution < 1.29 is 4.39 Å². The Morgan fingerprint density at radius 1 is 1.47 bits per heavy atom. The van der Waals surface area contributed by atoms with E-state index in [0.717, 1.165) is 24.9 Å². The van der Waals surface area contributed by atoms with Crippen LogP contribution < -0.4 is 11.1 Å². The lowest BCUT2D eigenvalue weighted by molar-refractivity contribution is 0.595. The van der Waals surface area contributed by atoms with Gasteiger partial charge in [0.15, 0.2) is 0 Å². The lowest BCUT2D eigenvalue weighted by Crippen LogP contribution is -2.28. The van der Waals surface area contributed by atoms with Gasteiger partial charge in [-0.25, -0.2) is 4.39 Å². The van der Waals surface area contributed by atoms with Crippen molar-refractivity contribution in [1.29, 1.82) is 0 Å². The first-order chi connectivity index (χ1) is 7.22. The Hall–Kier alpha value is -1.09. The molecule has 0 bridgehead atoms. The van der Waals surface area contributed by atoms with Gasteiger partial charge in [0.05, 0.1) is 0 Å². The van der Waals surface area contributed by atoms with Crippen LogP contribution in [0.5, 0.6) is 0 Å². The van der Waals surface area contributed by atoms with Crippen LogP contribution in [0.2, 0.25) is 0 Å². The zero-order valence-electron chi connectivity index (χ0n) is 9.17. The number of nitrogens with one attached hydrogen (secondary N) is 1. The van der Waals surface area contributed by atoms with Crippen molar-refractivity contribution in [2.75, 3.05) is 11.9 Å². The third kappa shape index (κ3) is 4.79. The third-order valence-electron chi connectivity index (χ3n) is 2.32. The Bertz CT molecular complexity index is 289. The van der Waals surface area contributed by atoms with Crippen LogP contribution in [-0.4, -0.2) is 12.6 Å². The number of nitrogens with two attached hydrogens (primary N) is 1. The quantitative estimate of drug-likeness (QED) is 0.757. The molecule has 0 saturated carbocycles. The average Bonchev–Trinajstić information content (AvgIpc) is 2.23. The Balaban J connectivity index is 2.30. The van der Waals surface area contributed by atoms with Crippen molar-refractivity contribution in [3.8, 4) is 0 Å². The summed E-state index contributed by atoms with van der Waals surface area (Å²) >= 11 is 0. The molecule has 1 aromatic carbocycles. The normalized spacial score (nSPS) is 12.5. The summed E-state index contributed by atoms with van der Waals surface area (Å²) < 4.78 is 12.8. The molecule has 3 heteroatoms. The molecular formula is C12H19FN2. The van der Waals surface area contributed by atoms with Crippen molar-refractivity contribution in [1.82, 2.24) is 0 Å². The van der Waals surface area contributed by atoms with Crippen LogP contribution in [0.3, 0.4) is 0 Å². The predicted octanol–water partition coefficient (Wildman–Crippen LogP) is 2.76. The molecule has 0 saturated heterocycles. The number of benzene rings is 1. The van der Waals surface area contributed by atoms with Gasteiger partial charge >= 0.3 is 0 Å². The first kappa shape index (κ1) is 12.0. The standard InChI is InChI=1S/C12H19FN2/c1-2-3-6-11(14)9-15-12-7-4-5-10(13)8-12/h4-5,7-8,11,15H,2-3,6,9,14H2,1H3. The van der Waals surface area contributed by atoms with Gasteiger partial charge in [-0.2, -0.15) is 0 Å². The number of hydrogen-bond acceptors (Lipinski definition) is 2. The number of anilines is 1. The highest BCUT2D eigenvalue weighted by Crippen LogP contribution is 2.09. The summed E-state index contributed by atoms with van der Waals surface area (Å²) in [5, 5.41) is 3.13. The van der Waals surface area contributed by atoms with Gasteiger partial charge in [0.2, 0.25) is 0 Å². The maximum absolute atomic E-state index is 12.8. The second kappa shape index (κ2) is 6.40. The lowest BCUT2D eigenvalue weighted by atomic mass is 10.1. The molecular weight excluding hydrogens is 191 g/mol. The summed E-state index contributed by atoms with van der Waals surface area (Å²) in [6.45, 7) is 2.84. The molecule has 0 heterocycles. The highest BCUT2D eigenvalue weighted by Gasteiger charge is 2.01. The zero-order chi connectivity index (χ0) is 11.1. The van der Waals surface area contributed by atoms with Gasteiger partial charge in [-0.1, -0.05) is 25.8 Å². The molecule has 0 aromatic heterocycles. The van der Waals surface area contributed by atoms with Crippen LogP contribution in [0.25, 0.3) is 0 Å². The summed E-state index contributed by atoms with van der Waals surface area (Å²) in [7, 11) is 0. The zero-order valence-corrected chi connectivity index (χ0v) is 9.17. The minimum absolute atomic E-state index is 0.146. The molecule has 2 nitrogen and oxygen atoms in total. The summed E-state index contributed by atoms with van der Waals surface area (Å²) in [6.07, 6.45) is 3.32. The molecule has 0 amide bonds. The van der Waals surface area contributed by atoms with Crippen LogP contribution in [-0.2, 0) is 0 Å². The number of halogens is 1. The van der Waals surface area contributed by atoms with Crippen molar-refractivity contribution in [3.05, 3.63) is 30.1 Å². The number of unbranched alkanes of at least 4 members (excludes halogenated alkanes) is 1. The maximum Gasteiger partial charge on any atom is 0.125 e. The molecule has 0 aliphatic carbocycles. The van der Waals surface area contributed by atoms with Crippen LogP contribution in [0.15, 0.2) is 24.3 Å². The molecule has 0 aliphatic rings. The van der Waals surface area contributed by atoms with Crippen molar-refractivity contribution in [2.45, 2.75) is 32.2 Å². The fourth-order valence-corrected chi connectivity index (χ4v) is 1.42. The second-order valence-corrected chi connectivity index (χ2v) is 3.79. The molecule has 15 heavy (non-hydrogen) atoms. The van der Waals surface area contributed by atoms with E-state index in [2.05, 4.69) is 12.2 Å². The maximum atomic E-state index is 12.8. The van der Waals surface area contributed by atoms with E-state index in [9.17, 15) is 4.39 Å². The Labute approximate surface area is 90.7 Å². The fourth-order valence-electron chi connectivity index (χ4n) is 1.42. The monoisotopic (exact) mass is 210 g/mol. The van der Waals surface area contributed by atoms with Crippen LogP contribution in [0, 0.1) is 5.82 Å². The van der Waals surface area contributed by atoms with E-state index in [1.165, 1.54) is 12.1 Å². The van der Waals surface area contributed by atoms with Gasteiger partial charge in [-0.3, -0.25) is 0 Å². The van der Waals surface area contributed by atoms with Crippen molar-refractivity contribution in [3.63, 3.8) is 0 Å². The lowest BCUT2D eigenvalue weighted by Gasteiger charge is -2.13. The molecule has 84 valence electrons. The fraction of sp³-hybridized carbons (Fsp3) is 0.500. The van der Waals surface area contributed by atoms with Crippen LogP contribution in [0.1, 0.15) is 26.2 Å². The molecule has 1 rings (SSSR count). The SMILES string of the molecule is CCCCC(N)CNc1cccc(F)c1. The van der Waals surface area contributed by atoms with Gasteiger partial charge in [-0.15, -0.1) is 0 Å². The van der Waals surface area contributed by atoms with E-state index in [0.29, 0.717) is 6.54 Å². The summed E-state index contributed by atoms with van der Waals surface area (Å²) in [6, 6.07) is 6.59. The van der Waals surface area contributed by atoms with Crippen LogP contribution in [0.4, 0.5) is 10.1 Å². The van der Waals surface area contributed by atoms with Gasteiger partial charge < -0.3 is 11.1 Å². The first-order valence-corrected chi connectivity index (χ1v) is 5.47. The molecule has 0 spiro atoms. The van der Waals surface area contributed by atoms with E-state index in [4.69, 9.17) is 5.73 Å². The summed E-state index contributed by atoms with van der Waals surface area (Å²) in [5.74, 6) is -0.220. The van der Waals surface area contributed by atoms with Gasteiger partial charge in [0, 0.05) is 18.3 Å². The average molecular weight is 210 g/mol. The molecule has 1 atom stereocenters. The molecule has 0 aliphatic heterocycles. The van der Waals surface area contributed by atoms with E-state index in [-0.39, 0.29) is 11.9 Å². The Morgan fingerprint density at radius 2 is 2.27 bits per heavy atom. The van der Waals surface area contributed by atoms with Gasteiger partial charge in [0.1, 0.15) is 5.82 Å². The van der Waals surface area contributed by atoms with E-state index in [1.54, 1.807) is 6.07 Å². The minimum atomic E-state index is -0.220. The minimum Gasteiger partial charge on any atom is -0.383 e. The number of rotatable bonds is 6. The Morgan fingerprint density at radius 3 is 2.93 bits per heavy atom. The summed E-state index contributed by atoms with van der Waals surface area (Å²) in [4.78, 5) is 0. The topological polar surface area (TPSA) is 38.0 Å². The molecule has 0 fully saturated rings. The molecule has 1 unspecified atom stereocenters. The predicted molar refractivity (Wildman–Crippen MR) is 62.4 cm³/mol. The molecule has 1 aromatic rings. The second-order valence-electron chi connectivity index (χ2n) is 3.79. The first-order valence-electron chi connectivity index (χ1n) is 5.47. The highest BCUT2D eigenvalue weighted by atomic mass is 19.1. The molecule has 0 radical (unpaired) electrons. The molecule has 3 N–H and O–H groups in total. The van der Waals surface area contributed by atoms with Gasteiger partial charge in [0.25, 0.3) is 0 Å². The van der Waals surface area contributed by atoms with E-state index < -0.39 is 0 Å². The Kier molecular flexibility index (Phi) is 5.12.